The minimum absolute atomic E-state index is 0.0692. The van der Waals surface area contributed by atoms with Crippen LogP contribution in [0.5, 0.6) is 0 Å². The van der Waals surface area contributed by atoms with Gasteiger partial charge in [0.05, 0.1) is 24.7 Å². The van der Waals surface area contributed by atoms with Crippen LogP contribution in [0.25, 0.3) is 0 Å². The van der Waals surface area contributed by atoms with Crippen molar-refractivity contribution >= 4 is 5.91 Å². The summed E-state index contributed by atoms with van der Waals surface area (Å²) in [5.41, 5.74) is 0. The number of unbranched alkanes of at least 4 members (excludes halogenated alkanes) is 1. The molecule has 1 amide bonds. The second kappa shape index (κ2) is 8.71. The van der Waals surface area contributed by atoms with Gasteiger partial charge in [0, 0.05) is 26.2 Å². The molecular formula is C16H30N2O3. The molecule has 0 aromatic rings. The van der Waals surface area contributed by atoms with E-state index in [4.69, 9.17) is 9.47 Å². The quantitative estimate of drug-likeness (QED) is 0.754. The predicted octanol–water partition coefficient (Wildman–Crippen LogP) is 1.42. The average molecular weight is 298 g/mol. The molecule has 0 aliphatic carbocycles. The zero-order valence-electron chi connectivity index (χ0n) is 13.5. The maximum atomic E-state index is 11.9. The van der Waals surface area contributed by atoms with Gasteiger partial charge in [-0.1, -0.05) is 0 Å². The van der Waals surface area contributed by atoms with E-state index in [1.54, 1.807) is 0 Å². The van der Waals surface area contributed by atoms with Crippen LogP contribution in [0.1, 0.15) is 39.5 Å². The van der Waals surface area contributed by atoms with E-state index in [-0.39, 0.29) is 11.8 Å². The number of hydrogen-bond donors (Lipinski definition) is 1. The standard InChI is InChI=1S/C16H30N2O3/c1-13-10-18(11-14(2)21-13)8-4-3-7-17-16(19)15-6-5-9-20-12-15/h13-15H,3-12H2,1-2H3,(H,17,19)/t13-,14+,15-/m0/s1. The fraction of sp³-hybridized carbons (Fsp3) is 0.938. The smallest absolute Gasteiger partial charge is 0.225 e. The lowest BCUT2D eigenvalue weighted by atomic mass is 10.0. The Hall–Kier alpha value is -0.650. The van der Waals surface area contributed by atoms with Crippen LogP contribution in [0.4, 0.5) is 0 Å². The highest BCUT2D eigenvalue weighted by atomic mass is 16.5. The Bertz CT molecular complexity index is 309. The Morgan fingerprint density at radius 1 is 1.24 bits per heavy atom. The molecule has 0 aromatic carbocycles. The monoisotopic (exact) mass is 298 g/mol. The van der Waals surface area contributed by atoms with Crippen LogP contribution in [0.15, 0.2) is 0 Å². The van der Waals surface area contributed by atoms with Crippen molar-refractivity contribution in [3.63, 3.8) is 0 Å². The lowest BCUT2D eigenvalue weighted by Crippen LogP contribution is -2.45. The van der Waals surface area contributed by atoms with Crippen molar-refractivity contribution in [2.24, 2.45) is 5.92 Å². The van der Waals surface area contributed by atoms with Gasteiger partial charge in [-0.2, -0.15) is 0 Å². The molecular weight excluding hydrogens is 268 g/mol. The molecule has 5 heteroatoms. The summed E-state index contributed by atoms with van der Waals surface area (Å²) in [6.07, 6.45) is 4.81. The third kappa shape index (κ3) is 5.93. The summed E-state index contributed by atoms with van der Waals surface area (Å²) in [6, 6.07) is 0. The van der Waals surface area contributed by atoms with Gasteiger partial charge >= 0.3 is 0 Å². The first-order valence-electron chi connectivity index (χ1n) is 8.38. The van der Waals surface area contributed by atoms with Gasteiger partial charge in [-0.05, 0) is 46.1 Å². The summed E-state index contributed by atoms with van der Waals surface area (Å²) in [5, 5.41) is 3.05. The second-order valence-corrected chi connectivity index (χ2v) is 6.43. The Labute approximate surface area is 128 Å². The second-order valence-electron chi connectivity index (χ2n) is 6.43. The number of amides is 1. The van der Waals surface area contributed by atoms with E-state index in [1.165, 1.54) is 0 Å². The van der Waals surface area contributed by atoms with Crippen LogP contribution in [0.2, 0.25) is 0 Å². The first kappa shape index (κ1) is 16.7. The highest BCUT2D eigenvalue weighted by Gasteiger charge is 2.22. The molecule has 2 rings (SSSR count). The lowest BCUT2D eigenvalue weighted by molar-refractivity contribution is -0.128. The van der Waals surface area contributed by atoms with Crippen LogP contribution in [-0.4, -0.2) is 62.4 Å². The third-order valence-corrected chi connectivity index (χ3v) is 4.23. The molecule has 0 radical (unpaired) electrons. The van der Waals surface area contributed by atoms with Crippen molar-refractivity contribution in [2.45, 2.75) is 51.7 Å². The van der Waals surface area contributed by atoms with E-state index < -0.39 is 0 Å². The van der Waals surface area contributed by atoms with Crippen molar-refractivity contribution in [1.82, 2.24) is 10.2 Å². The van der Waals surface area contributed by atoms with E-state index in [0.717, 1.165) is 58.5 Å². The molecule has 2 aliphatic rings. The van der Waals surface area contributed by atoms with Gasteiger partial charge < -0.3 is 14.8 Å². The van der Waals surface area contributed by atoms with Crippen LogP contribution >= 0.6 is 0 Å². The van der Waals surface area contributed by atoms with Crippen LogP contribution in [0.3, 0.4) is 0 Å². The average Bonchev–Trinajstić information content (AvgIpc) is 2.46. The summed E-state index contributed by atoms with van der Waals surface area (Å²) >= 11 is 0. The van der Waals surface area contributed by atoms with Crippen molar-refractivity contribution in [3.05, 3.63) is 0 Å². The number of nitrogens with one attached hydrogen (secondary N) is 1. The van der Waals surface area contributed by atoms with E-state index in [1.807, 2.05) is 0 Å². The molecule has 0 unspecified atom stereocenters. The van der Waals surface area contributed by atoms with Crippen LogP contribution in [-0.2, 0) is 14.3 Å². The molecule has 0 spiro atoms. The molecule has 2 aliphatic heterocycles. The highest BCUT2D eigenvalue weighted by Crippen LogP contribution is 2.13. The molecule has 0 aromatic heterocycles. The molecule has 21 heavy (non-hydrogen) atoms. The van der Waals surface area contributed by atoms with E-state index in [9.17, 15) is 4.79 Å². The minimum Gasteiger partial charge on any atom is -0.381 e. The highest BCUT2D eigenvalue weighted by molar-refractivity contribution is 5.78. The van der Waals surface area contributed by atoms with E-state index >= 15 is 0 Å². The summed E-state index contributed by atoms with van der Waals surface area (Å²) in [7, 11) is 0. The van der Waals surface area contributed by atoms with E-state index in [0.29, 0.717) is 18.8 Å². The van der Waals surface area contributed by atoms with Crippen LogP contribution < -0.4 is 5.32 Å². The lowest BCUT2D eigenvalue weighted by Gasteiger charge is -2.35. The number of rotatable bonds is 6. The summed E-state index contributed by atoms with van der Waals surface area (Å²) in [5.74, 6) is 0.239. The van der Waals surface area contributed by atoms with Gasteiger partial charge in [-0.15, -0.1) is 0 Å². The van der Waals surface area contributed by atoms with Crippen molar-refractivity contribution < 1.29 is 14.3 Å². The van der Waals surface area contributed by atoms with E-state index in [2.05, 4.69) is 24.1 Å². The first-order chi connectivity index (χ1) is 10.1. The molecule has 5 nitrogen and oxygen atoms in total. The summed E-state index contributed by atoms with van der Waals surface area (Å²) in [6.45, 7) is 9.59. The van der Waals surface area contributed by atoms with Gasteiger partial charge in [-0.25, -0.2) is 0 Å². The van der Waals surface area contributed by atoms with Gasteiger partial charge in [0.25, 0.3) is 0 Å². The summed E-state index contributed by atoms with van der Waals surface area (Å²) < 4.78 is 11.1. The number of morpholine rings is 1. The Balaban J connectivity index is 1.52. The maximum Gasteiger partial charge on any atom is 0.225 e. The van der Waals surface area contributed by atoms with Gasteiger partial charge in [-0.3, -0.25) is 9.69 Å². The fourth-order valence-corrected chi connectivity index (χ4v) is 3.23. The number of nitrogens with zero attached hydrogens (tertiary/aromatic N) is 1. The number of hydrogen-bond acceptors (Lipinski definition) is 4. The van der Waals surface area contributed by atoms with Crippen molar-refractivity contribution in [3.8, 4) is 0 Å². The molecule has 0 bridgehead atoms. The van der Waals surface area contributed by atoms with Crippen molar-refractivity contribution in [2.75, 3.05) is 39.4 Å². The van der Waals surface area contributed by atoms with Gasteiger partial charge in [0.15, 0.2) is 0 Å². The first-order valence-corrected chi connectivity index (χ1v) is 8.38. The number of carbonyl (C=O) groups excluding carboxylic acids is 1. The Kier molecular flexibility index (Phi) is 6.93. The number of ether oxygens (including phenoxy) is 2. The topological polar surface area (TPSA) is 50.8 Å². The van der Waals surface area contributed by atoms with Crippen molar-refractivity contribution in [1.29, 1.82) is 0 Å². The minimum atomic E-state index is 0.0692. The van der Waals surface area contributed by atoms with Crippen LogP contribution in [0, 0.1) is 5.92 Å². The molecule has 122 valence electrons. The molecule has 2 fully saturated rings. The zero-order chi connectivity index (χ0) is 15.1. The molecule has 1 N–H and O–H groups in total. The SMILES string of the molecule is C[C@@H]1CN(CCCCNC(=O)[C@H]2CCCOC2)C[C@H](C)O1. The van der Waals surface area contributed by atoms with Gasteiger partial charge in [0.2, 0.25) is 5.91 Å². The normalized spacial score (nSPS) is 31.0. The Morgan fingerprint density at radius 3 is 2.67 bits per heavy atom. The molecule has 0 saturated carbocycles. The summed E-state index contributed by atoms with van der Waals surface area (Å²) in [4.78, 5) is 14.4. The molecule has 2 heterocycles. The van der Waals surface area contributed by atoms with Gasteiger partial charge in [0.1, 0.15) is 0 Å². The zero-order valence-corrected chi connectivity index (χ0v) is 13.5. The molecule has 2 saturated heterocycles. The Morgan fingerprint density at radius 2 is 2.00 bits per heavy atom. The third-order valence-electron chi connectivity index (χ3n) is 4.23. The maximum absolute atomic E-state index is 11.9. The predicted molar refractivity (Wildman–Crippen MR) is 82.2 cm³/mol. The molecule has 3 atom stereocenters. The number of carbonyl (C=O) groups is 1. The largest absolute Gasteiger partial charge is 0.381 e. The fourth-order valence-electron chi connectivity index (χ4n) is 3.23.